The van der Waals surface area contributed by atoms with Crippen LogP contribution >= 0.6 is 0 Å². The zero-order valence-electron chi connectivity index (χ0n) is 13.7. The highest BCUT2D eigenvalue weighted by Gasteiger charge is 2.52. The highest BCUT2D eigenvalue weighted by atomic mass is 16.7. The van der Waals surface area contributed by atoms with E-state index < -0.39 is 0 Å². The zero-order valence-corrected chi connectivity index (χ0v) is 13.7. The monoisotopic (exact) mass is 286 g/mol. The van der Waals surface area contributed by atoms with Crippen LogP contribution < -0.4 is 5.46 Å². The molecule has 0 saturated carbocycles. The summed E-state index contributed by atoms with van der Waals surface area (Å²) in [7, 11) is -0.344. The summed E-state index contributed by atoms with van der Waals surface area (Å²) in [5.41, 5.74) is 1.53. The van der Waals surface area contributed by atoms with Crippen molar-refractivity contribution in [3.8, 4) is 0 Å². The van der Waals surface area contributed by atoms with Gasteiger partial charge in [0.25, 0.3) is 0 Å². The lowest BCUT2D eigenvalue weighted by atomic mass is 9.77. The second-order valence-corrected chi connectivity index (χ2v) is 7.05. The number of hydrogen-bond donors (Lipinski definition) is 0. The Morgan fingerprint density at radius 2 is 1.71 bits per heavy atom. The molecule has 0 radical (unpaired) electrons. The van der Waals surface area contributed by atoms with Gasteiger partial charge in [-0.3, -0.25) is 4.68 Å². The molecule has 1 saturated heterocycles. The van der Waals surface area contributed by atoms with Gasteiger partial charge in [-0.1, -0.05) is 12.1 Å². The Hall–Kier alpha value is -1.33. The molecule has 21 heavy (non-hydrogen) atoms. The van der Waals surface area contributed by atoms with Crippen LogP contribution in [0.15, 0.2) is 24.4 Å². The van der Waals surface area contributed by atoms with E-state index in [-0.39, 0.29) is 18.3 Å². The summed E-state index contributed by atoms with van der Waals surface area (Å²) in [4.78, 5) is 0. The van der Waals surface area contributed by atoms with Crippen molar-refractivity contribution in [2.45, 2.75) is 58.8 Å². The van der Waals surface area contributed by atoms with Gasteiger partial charge in [0.05, 0.1) is 22.9 Å². The highest BCUT2D eigenvalue weighted by Crippen LogP contribution is 2.37. The van der Waals surface area contributed by atoms with E-state index in [2.05, 4.69) is 58.8 Å². The molecule has 1 aromatic carbocycles. The molecule has 3 rings (SSSR count). The van der Waals surface area contributed by atoms with Crippen molar-refractivity contribution in [1.82, 2.24) is 9.78 Å². The van der Waals surface area contributed by atoms with E-state index in [1.165, 1.54) is 0 Å². The normalized spacial score (nSPS) is 20.6. The summed E-state index contributed by atoms with van der Waals surface area (Å²) in [6.07, 6.45) is 1.91. The Morgan fingerprint density at radius 1 is 1.10 bits per heavy atom. The first-order valence-corrected chi connectivity index (χ1v) is 7.55. The maximum atomic E-state index is 6.17. The minimum Gasteiger partial charge on any atom is -0.399 e. The Labute approximate surface area is 126 Å². The second-order valence-electron chi connectivity index (χ2n) is 7.05. The lowest BCUT2D eigenvalue weighted by molar-refractivity contribution is 0.00578. The molecule has 1 aliphatic heterocycles. The Bertz CT molecular complexity index is 660. The molecule has 0 unspecified atom stereocenters. The molecule has 0 spiro atoms. The van der Waals surface area contributed by atoms with E-state index in [0.29, 0.717) is 6.04 Å². The van der Waals surface area contributed by atoms with Crippen molar-refractivity contribution in [2.24, 2.45) is 0 Å². The molecule has 0 bridgehead atoms. The van der Waals surface area contributed by atoms with Gasteiger partial charge in [-0.25, -0.2) is 0 Å². The van der Waals surface area contributed by atoms with Crippen LogP contribution in [0.3, 0.4) is 0 Å². The van der Waals surface area contributed by atoms with Crippen LogP contribution in [-0.4, -0.2) is 28.1 Å². The first-order chi connectivity index (χ1) is 9.73. The standard InChI is InChI=1S/C16H23BN2O2/c1-11(2)19-14-9-7-8-13(12(14)10-18-19)17-20-15(3,4)16(5,6)21-17/h7-11H,1-6H3. The third kappa shape index (κ3) is 2.19. The molecule has 0 aliphatic carbocycles. The molecule has 2 aromatic rings. The smallest absolute Gasteiger partial charge is 0.399 e. The lowest BCUT2D eigenvalue weighted by Gasteiger charge is -2.32. The molecule has 112 valence electrons. The molecule has 1 aliphatic rings. The number of hydrogen-bond acceptors (Lipinski definition) is 3. The van der Waals surface area contributed by atoms with Gasteiger partial charge in [-0.15, -0.1) is 0 Å². The van der Waals surface area contributed by atoms with Crippen molar-refractivity contribution in [3.63, 3.8) is 0 Å². The number of nitrogens with zero attached hydrogens (tertiary/aromatic N) is 2. The fraction of sp³-hybridized carbons (Fsp3) is 0.562. The summed E-state index contributed by atoms with van der Waals surface area (Å²) >= 11 is 0. The van der Waals surface area contributed by atoms with Gasteiger partial charge in [0, 0.05) is 11.4 Å². The Balaban J connectivity index is 2.07. The maximum Gasteiger partial charge on any atom is 0.495 e. The van der Waals surface area contributed by atoms with Crippen LogP contribution in [0, 0.1) is 0 Å². The fourth-order valence-corrected chi connectivity index (χ4v) is 2.68. The number of fused-ring (bicyclic) bond motifs is 1. The average molecular weight is 286 g/mol. The number of aromatic nitrogens is 2. The average Bonchev–Trinajstić information content (AvgIpc) is 2.88. The molecular weight excluding hydrogens is 263 g/mol. The van der Waals surface area contributed by atoms with Crippen molar-refractivity contribution < 1.29 is 9.31 Å². The zero-order chi connectivity index (χ0) is 15.4. The quantitative estimate of drug-likeness (QED) is 0.796. The van der Waals surface area contributed by atoms with E-state index in [4.69, 9.17) is 9.31 Å². The van der Waals surface area contributed by atoms with E-state index >= 15 is 0 Å². The second kappa shape index (κ2) is 4.58. The van der Waals surface area contributed by atoms with E-state index in [9.17, 15) is 0 Å². The van der Waals surface area contributed by atoms with E-state index in [1.807, 2.05) is 16.9 Å². The molecule has 2 heterocycles. The predicted octanol–water partition coefficient (Wildman–Crippen LogP) is 2.92. The molecule has 1 fully saturated rings. The van der Waals surface area contributed by atoms with Crippen LogP contribution in [0.5, 0.6) is 0 Å². The first kappa shape index (κ1) is 14.6. The Kier molecular flexibility index (Phi) is 3.19. The fourth-order valence-electron chi connectivity index (χ4n) is 2.68. The van der Waals surface area contributed by atoms with Crippen LogP contribution in [0.4, 0.5) is 0 Å². The summed E-state index contributed by atoms with van der Waals surface area (Å²) in [5, 5.41) is 5.61. The van der Waals surface area contributed by atoms with Gasteiger partial charge in [0.15, 0.2) is 0 Å². The van der Waals surface area contributed by atoms with Crippen LogP contribution in [0.25, 0.3) is 10.9 Å². The van der Waals surface area contributed by atoms with E-state index in [1.54, 1.807) is 0 Å². The minimum atomic E-state index is -0.344. The van der Waals surface area contributed by atoms with Crippen LogP contribution in [0.2, 0.25) is 0 Å². The molecule has 4 nitrogen and oxygen atoms in total. The molecule has 5 heteroatoms. The molecule has 0 N–H and O–H groups in total. The SMILES string of the molecule is CC(C)n1ncc2c(B3OC(C)(C)C(C)(C)O3)cccc21. The summed E-state index contributed by atoms with van der Waals surface area (Å²) in [6.45, 7) is 12.6. The minimum absolute atomic E-state index is 0.326. The lowest BCUT2D eigenvalue weighted by Crippen LogP contribution is -2.41. The maximum absolute atomic E-state index is 6.17. The predicted molar refractivity (Wildman–Crippen MR) is 85.8 cm³/mol. The largest absolute Gasteiger partial charge is 0.495 e. The summed E-state index contributed by atoms with van der Waals surface area (Å²) in [5.74, 6) is 0. The molecule has 0 atom stereocenters. The first-order valence-electron chi connectivity index (χ1n) is 7.55. The van der Waals surface area contributed by atoms with Gasteiger partial charge in [-0.05, 0) is 53.1 Å². The van der Waals surface area contributed by atoms with Gasteiger partial charge < -0.3 is 9.31 Å². The van der Waals surface area contributed by atoms with Gasteiger partial charge in [-0.2, -0.15) is 5.10 Å². The van der Waals surface area contributed by atoms with E-state index in [0.717, 1.165) is 16.4 Å². The van der Waals surface area contributed by atoms with Gasteiger partial charge in [0.2, 0.25) is 0 Å². The highest BCUT2D eigenvalue weighted by molar-refractivity contribution is 6.65. The topological polar surface area (TPSA) is 36.3 Å². The molecule has 0 amide bonds. The van der Waals surface area contributed by atoms with Crippen molar-refractivity contribution >= 4 is 23.5 Å². The van der Waals surface area contributed by atoms with Gasteiger partial charge in [0.1, 0.15) is 0 Å². The van der Waals surface area contributed by atoms with Crippen molar-refractivity contribution in [1.29, 1.82) is 0 Å². The van der Waals surface area contributed by atoms with Crippen LogP contribution in [0.1, 0.15) is 47.6 Å². The number of rotatable bonds is 2. The van der Waals surface area contributed by atoms with Crippen molar-refractivity contribution in [2.75, 3.05) is 0 Å². The van der Waals surface area contributed by atoms with Crippen molar-refractivity contribution in [3.05, 3.63) is 24.4 Å². The molecular formula is C16H23BN2O2. The van der Waals surface area contributed by atoms with Crippen LogP contribution in [-0.2, 0) is 9.31 Å². The number of benzene rings is 1. The summed E-state index contributed by atoms with van der Waals surface area (Å²) in [6, 6.07) is 6.54. The third-order valence-electron chi connectivity index (χ3n) is 4.67. The van der Waals surface area contributed by atoms with Gasteiger partial charge >= 0.3 is 7.12 Å². The molecule has 1 aromatic heterocycles. The third-order valence-corrected chi connectivity index (χ3v) is 4.67. The summed E-state index contributed by atoms with van der Waals surface area (Å²) < 4.78 is 14.4. The Morgan fingerprint density at radius 3 is 2.29 bits per heavy atom.